The van der Waals surface area contributed by atoms with Gasteiger partial charge in [-0.1, -0.05) is 12.1 Å². The molecule has 5 rings (SSSR count). The van der Waals surface area contributed by atoms with Gasteiger partial charge < -0.3 is 24.3 Å². The van der Waals surface area contributed by atoms with Crippen molar-refractivity contribution in [3.8, 4) is 23.0 Å². The Kier molecular flexibility index (Phi) is 6.63. The van der Waals surface area contributed by atoms with E-state index in [0.29, 0.717) is 31.1 Å². The molecule has 1 amide bonds. The summed E-state index contributed by atoms with van der Waals surface area (Å²) in [6.07, 6.45) is 7.65. The Morgan fingerprint density at radius 2 is 1.97 bits per heavy atom. The molecule has 0 spiro atoms. The summed E-state index contributed by atoms with van der Waals surface area (Å²) in [5, 5.41) is 3.01. The van der Waals surface area contributed by atoms with Crippen LogP contribution < -0.4 is 19.5 Å². The summed E-state index contributed by atoms with van der Waals surface area (Å²) in [5.41, 5.74) is 1.37. The molecule has 2 aromatic carbocycles. The second kappa shape index (κ2) is 10.1. The molecule has 0 aliphatic carbocycles. The number of amides is 1. The van der Waals surface area contributed by atoms with E-state index in [-0.39, 0.29) is 23.9 Å². The van der Waals surface area contributed by atoms with Crippen molar-refractivity contribution < 1.29 is 28.1 Å². The lowest BCUT2D eigenvalue weighted by Gasteiger charge is -2.38. The topological polar surface area (TPSA) is 78.9 Å². The maximum atomic E-state index is 14.5. The van der Waals surface area contributed by atoms with Crippen molar-refractivity contribution in [2.45, 2.75) is 18.3 Å². The molecule has 7 nitrogen and oxygen atoms in total. The predicted octanol–water partition coefficient (Wildman–Crippen LogP) is 4.62. The molecule has 0 bridgehead atoms. The number of benzene rings is 2. The van der Waals surface area contributed by atoms with E-state index in [2.05, 4.69) is 10.3 Å². The summed E-state index contributed by atoms with van der Waals surface area (Å²) in [6, 6.07) is 13.9. The van der Waals surface area contributed by atoms with Crippen molar-refractivity contribution in [1.29, 1.82) is 0 Å². The molecule has 35 heavy (non-hydrogen) atoms. The van der Waals surface area contributed by atoms with Gasteiger partial charge >= 0.3 is 0 Å². The first kappa shape index (κ1) is 22.9. The number of carbonyl (C=O) groups is 1. The van der Waals surface area contributed by atoms with Crippen LogP contribution in [0, 0.1) is 5.82 Å². The summed E-state index contributed by atoms with van der Waals surface area (Å²) >= 11 is 0. The quantitative estimate of drug-likeness (QED) is 0.502. The number of aromatic nitrogens is 1. The zero-order chi connectivity index (χ0) is 24.1. The molecular formula is C27H25FN2O5. The average molecular weight is 477 g/mol. The van der Waals surface area contributed by atoms with Crippen molar-refractivity contribution >= 4 is 12.0 Å². The number of nitrogens with one attached hydrogen (secondary N) is 1. The second-order valence-electron chi connectivity index (χ2n) is 8.49. The van der Waals surface area contributed by atoms with E-state index in [4.69, 9.17) is 18.9 Å². The average Bonchev–Trinajstić information content (AvgIpc) is 3.37. The van der Waals surface area contributed by atoms with Gasteiger partial charge in [0, 0.05) is 37.4 Å². The van der Waals surface area contributed by atoms with Gasteiger partial charge in [-0.05, 0) is 66.4 Å². The number of hydrogen-bond acceptors (Lipinski definition) is 6. The third-order valence-corrected chi connectivity index (χ3v) is 6.28. The molecule has 3 heterocycles. The Hall–Kier alpha value is -3.91. The van der Waals surface area contributed by atoms with Gasteiger partial charge in [-0.25, -0.2) is 4.39 Å². The SMILES string of the molecule is O=C(/C=C/c1ccc(Oc2cccnc2)c(F)c1)NCC1(c2ccc3c(c2)OCO3)CCOCC1. The van der Waals surface area contributed by atoms with Crippen LogP contribution in [0.2, 0.25) is 0 Å². The highest BCUT2D eigenvalue weighted by Crippen LogP contribution is 2.40. The standard InChI is InChI=1S/C27H25FN2O5/c28-22-14-19(3-6-23(22)35-21-2-1-11-29-16-21)4-8-26(31)30-17-27(9-12-32-13-10-27)20-5-7-24-25(15-20)34-18-33-24/h1-8,11,14-16H,9-10,12-13,17-18H2,(H,30,31)/b8-4+. The normalized spacial score (nSPS) is 16.3. The smallest absolute Gasteiger partial charge is 0.244 e. The Morgan fingerprint density at radius 3 is 2.77 bits per heavy atom. The first-order valence-electron chi connectivity index (χ1n) is 11.4. The van der Waals surface area contributed by atoms with Crippen molar-refractivity contribution in [3.63, 3.8) is 0 Å². The zero-order valence-electron chi connectivity index (χ0n) is 19.0. The molecule has 1 fully saturated rings. The number of ether oxygens (including phenoxy) is 4. The number of halogens is 1. The van der Waals surface area contributed by atoms with Gasteiger partial charge in [0.05, 0.1) is 6.20 Å². The van der Waals surface area contributed by atoms with Crippen LogP contribution >= 0.6 is 0 Å². The third-order valence-electron chi connectivity index (χ3n) is 6.28. The van der Waals surface area contributed by atoms with Crippen molar-refractivity contribution in [3.05, 3.63) is 83.9 Å². The van der Waals surface area contributed by atoms with E-state index in [1.807, 2.05) is 18.2 Å². The van der Waals surface area contributed by atoms with E-state index in [1.54, 1.807) is 30.5 Å². The highest BCUT2D eigenvalue weighted by molar-refractivity contribution is 5.91. The van der Waals surface area contributed by atoms with Gasteiger partial charge in [-0.3, -0.25) is 9.78 Å². The summed E-state index contributed by atoms with van der Waals surface area (Å²) in [5.74, 6) is 1.20. The molecule has 0 saturated carbocycles. The van der Waals surface area contributed by atoms with Gasteiger partial charge in [-0.15, -0.1) is 0 Å². The fourth-order valence-corrected chi connectivity index (χ4v) is 4.28. The Labute approximate surface area is 202 Å². The van der Waals surface area contributed by atoms with Gasteiger partial charge in [0.1, 0.15) is 5.75 Å². The molecule has 3 aromatic rings. The van der Waals surface area contributed by atoms with Crippen LogP contribution in [0.1, 0.15) is 24.0 Å². The summed E-state index contributed by atoms with van der Waals surface area (Å²) in [7, 11) is 0. The third kappa shape index (κ3) is 5.27. The van der Waals surface area contributed by atoms with Crippen LogP contribution in [0.3, 0.4) is 0 Å². The molecule has 2 aliphatic heterocycles. The van der Waals surface area contributed by atoms with Gasteiger partial charge in [0.15, 0.2) is 23.1 Å². The van der Waals surface area contributed by atoms with E-state index >= 15 is 0 Å². The van der Waals surface area contributed by atoms with E-state index in [0.717, 1.165) is 29.9 Å². The number of carbonyl (C=O) groups excluding carboxylic acids is 1. The van der Waals surface area contributed by atoms with E-state index in [1.165, 1.54) is 24.4 Å². The molecule has 1 N–H and O–H groups in total. The second-order valence-corrected chi connectivity index (χ2v) is 8.49. The number of hydrogen-bond donors (Lipinski definition) is 1. The molecule has 0 atom stereocenters. The monoisotopic (exact) mass is 476 g/mol. The van der Waals surface area contributed by atoms with Crippen molar-refractivity contribution in [1.82, 2.24) is 10.3 Å². The van der Waals surface area contributed by atoms with Crippen molar-refractivity contribution in [2.75, 3.05) is 26.6 Å². The summed E-state index contributed by atoms with van der Waals surface area (Å²) in [6.45, 7) is 1.90. The largest absolute Gasteiger partial charge is 0.454 e. The summed E-state index contributed by atoms with van der Waals surface area (Å²) < 4.78 is 36.5. The fourth-order valence-electron chi connectivity index (χ4n) is 4.28. The maximum absolute atomic E-state index is 14.5. The lowest BCUT2D eigenvalue weighted by molar-refractivity contribution is -0.116. The van der Waals surface area contributed by atoms with Gasteiger partial charge in [0.25, 0.3) is 0 Å². The number of pyridine rings is 1. The molecule has 8 heteroatoms. The zero-order valence-corrected chi connectivity index (χ0v) is 19.0. The minimum Gasteiger partial charge on any atom is -0.454 e. The van der Waals surface area contributed by atoms with E-state index < -0.39 is 5.82 Å². The molecule has 0 radical (unpaired) electrons. The van der Waals surface area contributed by atoms with Crippen LogP contribution in [0.15, 0.2) is 67.0 Å². The van der Waals surface area contributed by atoms with Crippen LogP contribution in [-0.2, 0) is 14.9 Å². The van der Waals surface area contributed by atoms with E-state index in [9.17, 15) is 9.18 Å². The highest BCUT2D eigenvalue weighted by Gasteiger charge is 2.36. The van der Waals surface area contributed by atoms with Crippen LogP contribution in [0.25, 0.3) is 6.08 Å². The number of fused-ring (bicyclic) bond motifs is 1. The first-order chi connectivity index (χ1) is 17.1. The Morgan fingerprint density at radius 1 is 1.11 bits per heavy atom. The van der Waals surface area contributed by atoms with Crippen LogP contribution in [0.4, 0.5) is 4.39 Å². The molecule has 1 saturated heterocycles. The minimum absolute atomic E-state index is 0.0878. The Balaban J connectivity index is 1.23. The van der Waals surface area contributed by atoms with Crippen LogP contribution in [0.5, 0.6) is 23.0 Å². The predicted molar refractivity (Wildman–Crippen MR) is 127 cm³/mol. The highest BCUT2D eigenvalue weighted by atomic mass is 19.1. The molecule has 180 valence electrons. The van der Waals surface area contributed by atoms with Gasteiger partial charge in [0.2, 0.25) is 12.7 Å². The maximum Gasteiger partial charge on any atom is 0.244 e. The number of nitrogens with zero attached hydrogens (tertiary/aromatic N) is 1. The molecular weight excluding hydrogens is 451 g/mol. The van der Waals surface area contributed by atoms with Crippen molar-refractivity contribution in [2.24, 2.45) is 0 Å². The minimum atomic E-state index is -0.527. The summed E-state index contributed by atoms with van der Waals surface area (Å²) in [4.78, 5) is 16.6. The molecule has 0 unspecified atom stereocenters. The number of rotatable bonds is 7. The molecule has 1 aromatic heterocycles. The molecule has 2 aliphatic rings. The Bertz CT molecular complexity index is 1230. The fraction of sp³-hybridized carbons (Fsp3) is 0.259. The lowest BCUT2D eigenvalue weighted by atomic mass is 9.74. The first-order valence-corrected chi connectivity index (χ1v) is 11.4. The van der Waals surface area contributed by atoms with Crippen LogP contribution in [-0.4, -0.2) is 37.4 Å². The van der Waals surface area contributed by atoms with Gasteiger partial charge in [-0.2, -0.15) is 0 Å². The lowest BCUT2D eigenvalue weighted by Crippen LogP contribution is -2.44.